The van der Waals surface area contributed by atoms with Crippen LogP contribution in [-0.2, 0) is 17.7 Å². The zero-order valence-electron chi connectivity index (χ0n) is 10.9. The molecule has 3 nitrogen and oxygen atoms in total. The third-order valence-electron chi connectivity index (χ3n) is 4.08. The molecule has 3 heteroatoms. The molecule has 1 N–H and O–H groups in total. The van der Waals surface area contributed by atoms with E-state index < -0.39 is 0 Å². The number of ether oxygens (including phenoxy) is 2. The van der Waals surface area contributed by atoms with Gasteiger partial charge in [0.15, 0.2) is 0 Å². The maximum Gasteiger partial charge on any atom is 0.122 e. The fraction of sp³-hybridized carbons (Fsp3) is 0.600. The molecule has 1 heterocycles. The van der Waals surface area contributed by atoms with Gasteiger partial charge in [0.1, 0.15) is 5.75 Å². The molecule has 2 aliphatic rings. The highest BCUT2D eigenvalue weighted by atomic mass is 16.5. The number of methoxy groups -OCH3 is 1. The molecule has 0 aromatic heterocycles. The summed E-state index contributed by atoms with van der Waals surface area (Å²) in [5, 5.41) is 3.62. The highest BCUT2D eigenvalue weighted by molar-refractivity contribution is 5.39. The number of rotatable bonds is 4. The van der Waals surface area contributed by atoms with Gasteiger partial charge in [-0.15, -0.1) is 0 Å². The Hall–Kier alpha value is -1.06. The molecule has 2 unspecified atom stereocenters. The monoisotopic (exact) mass is 247 g/mol. The molecule has 98 valence electrons. The second-order valence-corrected chi connectivity index (χ2v) is 5.23. The van der Waals surface area contributed by atoms with Crippen molar-refractivity contribution in [2.24, 2.45) is 0 Å². The Morgan fingerprint density at radius 3 is 3.22 bits per heavy atom. The van der Waals surface area contributed by atoms with E-state index in [9.17, 15) is 0 Å². The SMILES string of the molecule is COC1CCCC1NCc1ccc2c(c1)CCO2. The van der Waals surface area contributed by atoms with Gasteiger partial charge < -0.3 is 14.8 Å². The Labute approximate surface area is 108 Å². The fourth-order valence-electron chi connectivity index (χ4n) is 3.04. The average molecular weight is 247 g/mol. The van der Waals surface area contributed by atoms with Crippen LogP contribution in [0.4, 0.5) is 0 Å². The molecule has 1 aliphatic carbocycles. The highest BCUT2D eigenvalue weighted by Crippen LogP contribution is 2.26. The van der Waals surface area contributed by atoms with Crippen molar-refractivity contribution in [1.82, 2.24) is 5.32 Å². The molecule has 1 aliphatic heterocycles. The minimum absolute atomic E-state index is 0.391. The normalized spacial score (nSPS) is 26.1. The Balaban J connectivity index is 1.60. The molecule has 0 saturated heterocycles. The first-order valence-corrected chi connectivity index (χ1v) is 6.87. The first kappa shape index (κ1) is 12.0. The standard InChI is InChI=1S/C15H21NO2/c1-17-15-4-2-3-13(15)16-10-11-5-6-14-12(9-11)7-8-18-14/h5-6,9,13,15-16H,2-4,7-8,10H2,1H3. The van der Waals surface area contributed by atoms with E-state index in [1.54, 1.807) is 0 Å². The molecule has 1 aromatic rings. The Bertz CT molecular complexity index is 419. The van der Waals surface area contributed by atoms with Crippen molar-refractivity contribution in [2.75, 3.05) is 13.7 Å². The minimum atomic E-state index is 0.391. The lowest BCUT2D eigenvalue weighted by atomic mass is 10.1. The van der Waals surface area contributed by atoms with Crippen LogP contribution < -0.4 is 10.1 Å². The summed E-state index contributed by atoms with van der Waals surface area (Å²) in [6.45, 7) is 1.76. The van der Waals surface area contributed by atoms with Crippen molar-refractivity contribution in [2.45, 2.75) is 44.4 Å². The van der Waals surface area contributed by atoms with E-state index >= 15 is 0 Å². The van der Waals surface area contributed by atoms with Crippen LogP contribution in [0, 0.1) is 0 Å². The smallest absolute Gasteiger partial charge is 0.122 e. The topological polar surface area (TPSA) is 30.5 Å². The average Bonchev–Trinajstić information content (AvgIpc) is 3.04. The first-order chi connectivity index (χ1) is 8.86. The summed E-state index contributed by atoms with van der Waals surface area (Å²) in [6.07, 6.45) is 5.13. The lowest BCUT2D eigenvalue weighted by molar-refractivity contribution is 0.0847. The summed E-state index contributed by atoms with van der Waals surface area (Å²) in [7, 11) is 1.82. The van der Waals surface area contributed by atoms with Crippen molar-refractivity contribution in [3.8, 4) is 5.75 Å². The highest BCUT2D eigenvalue weighted by Gasteiger charge is 2.26. The molecule has 1 fully saturated rings. The Morgan fingerprint density at radius 1 is 1.39 bits per heavy atom. The fourth-order valence-corrected chi connectivity index (χ4v) is 3.04. The molecule has 1 aromatic carbocycles. The van der Waals surface area contributed by atoms with Crippen LogP contribution in [0.5, 0.6) is 5.75 Å². The second kappa shape index (κ2) is 5.29. The van der Waals surface area contributed by atoms with Crippen molar-refractivity contribution >= 4 is 0 Å². The van der Waals surface area contributed by atoms with E-state index in [4.69, 9.17) is 9.47 Å². The van der Waals surface area contributed by atoms with Crippen LogP contribution in [0.15, 0.2) is 18.2 Å². The molecule has 0 spiro atoms. The quantitative estimate of drug-likeness (QED) is 0.885. The van der Waals surface area contributed by atoms with Crippen LogP contribution in [-0.4, -0.2) is 25.9 Å². The second-order valence-electron chi connectivity index (χ2n) is 5.23. The summed E-state index contributed by atoms with van der Waals surface area (Å²) < 4.78 is 11.0. The zero-order valence-corrected chi connectivity index (χ0v) is 10.9. The molecule has 1 saturated carbocycles. The van der Waals surface area contributed by atoms with Gasteiger partial charge in [-0.1, -0.05) is 12.1 Å². The van der Waals surface area contributed by atoms with Gasteiger partial charge in [-0.25, -0.2) is 0 Å². The van der Waals surface area contributed by atoms with Gasteiger partial charge in [0.05, 0.1) is 12.7 Å². The van der Waals surface area contributed by atoms with Gasteiger partial charge >= 0.3 is 0 Å². The van der Waals surface area contributed by atoms with E-state index in [2.05, 4.69) is 23.5 Å². The number of hydrogen-bond donors (Lipinski definition) is 1. The summed E-state index contributed by atoms with van der Waals surface area (Å²) in [5.41, 5.74) is 2.70. The van der Waals surface area contributed by atoms with Crippen molar-refractivity contribution < 1.29 is 9.47 Å². The predicted molar refractivity (Wildman–Crippen MR) is 70.9 cm³/mol. The van der Waals surface area contributed by atoms with E-state index in [0.29, 0.717) is 12.1 Å². The molecule has 2 atom stereocenters. The lowest BCUT2D eigenvalue weighted by Crippen LogP contribution is -2.36. The van der Waals surface area contributed by atoms with Crippen LogP contribution in [0.25, 0.3) is 0 Å². The van der Waals surface area contributed by atoms with Gasteiger partial charge in [0.25, 0.3) is 0 Å². The number of nitrogens with one attached hydrogen (secondary N) is 1. The van der Waals surface area contributed by atoms with Crippen molar-refractivity contribution in [1.29, 1.82) is 0 Å². The summed E-state index contributed by atoms with van der Waals surface area (Å²) in [5.74, 6) is 1.06. The van der Waals surface area contributed by atoms with Gasteiger partial charge in [-0.3, -0.25) is 0 Å². The first-order valence-electron chi connectivity index (χ1n) is 6.87. The molecule has 18 heavy (non-hydrogen) atoms. The molecular formula is C15H21NO2. The largest absolute Gasteiger partial charge is 0.493 e. The third kappa shape index (κ3) is 2.38. The van der Waals surface area contributed by atoms with Gasteiger partial charge in [0.2, 0.25) is 0 Å². The summed E-state index contributed by atoms with van der Waals surface area (Å²) >= 11 is 0. The Kier molecular flexibility index (Phi) is 3.52. The van der Waals surface area contributed by atoms with Crippen LogP contribution in [0.3, 0.4) is 0 Å². The van der Waals surface area contributed by atoms with Crippen molar-refractivity contribution in [3.05, 3.63) is 29.3 Å². The van der Waals surface area contributed by atoms with Gasteiger partial charge in [0, 0.05) is 26.1 Å². The molecule has 0 amide bonds. The minimum Gasteiger partial charge on any atom is -0.493 e. The maximum absolute atomic E-state index is 5.53. The predicted octanol–water partition coefficient (Wildman–Crippen LogP) is 2.28. The van der Waals surface area contributed by atoms with E-state index in [1.165, 1.54) is 30.4 Å². The van der Waals surface area contributed by atoms with Crippen LogP contribution in [0.2, 0.25) is 0 Å². The van der Waals surface area contributed by atoms with E-state index in [0.717, 1.165) is 25.3 Å². The molecule has 0 bridgehead atoms. The molecule has 3 rings (SSSR count). The van der Waals surface area contributed by atoms with Crippen molar-refractivity contribution in [3.63, 3.8) is 0 Å². The summed E-state index contributed by atoms with van der Waals surface area (Å²) in [6, 6.07) is 7.04. The van der Waals surface area contributed by atoms with Gasteiger partial charge in [-0.05, 0) is 36.5 Å². The van der Waals surface area contributed by atoms with Gasteiger partial charge in [-0.2, -0.15) is 0 Å². The zero-order chi connectivity index (χ0) is 12.4. The number of fused-ring (bicyclic) bond motifs is 1. The van der Waals surface area contributed by atoms with E-state index in [1.807, 2.05) is 7.11 Å². The van der Waals surface area contributed by atoms with E-state index in [-0.39, 0.29) is 0 Å². The molecular weight excluding hydrogens is 226 g/mol. The van der Waals surface area contributed by atoms with Crippen LogP contribution >= 0.6 is 0 Å². The lowest BCUT2D eigenvalue weighted by Gasteiger charge is -2.19. The Morgan fingerprint density at radius 2 is 2.33 bits per heavy atom. The third-order valence-corrected chi connectivity index (χ3v) is 4.08. The number of benzene rings is 1. The maximum atomic E-state index is 5.53. The van der Waals surface area contributed by atoms with Crippen LogP contribution in [0.1, 0.15) is 30.4 Å². The summed E-state index contributed by atoms with van der Waals surface area (Å²) in [4.78, 5) is 0. The molecule has 0 radical (unpaired) electrons. The number of hydrogen-bond acceptors (Lipinski definition) is 3.